The lowest BCUT2D eigenvalue weighted by atomic mass is 10.0. The second-order valence-corrected chi connectivity index (χ2v) is 5.81. The Morgan fingerprint density at radius 2 is 2.10 bits per heavy atom. The molecule has 0 amide bonds. The van der Waals surface area contributed by atoms with Gasteiger partial charge in [-0.05, 0) is 25.7 Å². The number of guanidine groups is 1. The average molecular weight is 294 g/mol. The van der Waals surface area contributed by atoms with E-state index in [-0.39, 0.29) is 0 Å². The first-order valence-electron chi connectivity index (χ1n) is 7.90. The molecule has 0 aliphatic heterocycles. The molecule has 0 radical (unpaired) electrons. The summed E-state index contributed by atoms with van der Waals surface area (Å²) in [6.45, 7) is 10.4. The van der Waals surface area contributed by atoms with Crippen LogP contribution in [0.2, 0.25) is 0 Å². The second kappa shape index (κ2) is 9.37. The second-order valence-electron chi connectivity index (χ2n) is 5.81. The molecule has 1 rings (SSSR count). The summed E-state index contributed by atoms with van der Waals surface area (Å²) < 4.78 is 2.07. The highest BCUT2D eigenvalue weighted by atomic mass is 15.3. The Morgan fingerprint density at radius 3 is 2.71 bits per heavy atom. The van der Waals surface area contributed by atoms with Crippen molar-refractivity contribution in [3.8, 4) is 0 Å². The van der Waals surface area contributed by atoms with Crippen LogP contribution in [-0.2, 0) is 13.0 Å². The van der Waals surface area contributed by atoms with Gasteiger partial charge in [0.1, 0.15) is 12.2 Å². The molecule has 1 unspecified atom stereocenters. The predicted molar refractivity (Wildman–Crippen MR) is 87.4 cm³/mol. The molecular formula is C15H30N6. The molecular weight excluding hydrogens is 264 g/mol. The summed E-state index contributed by atoms with van der Waals surface area (Å²) in [4.78, 5) is 4.27. The fourth-order valence-electron chi connectivity index (χ4n) is 2.12. The number of aliphatic imine (C=N–C) groups is 1. The van der Waals surface area contributed by atoms with Gasteiger partial charge in [0.05, 0.1) is 0 Å². The average Bonchev–Trinajstić information content (AvgIpc) is 2.91. The van der Waals surface area contributed by atoms with Gasteiger partial charge in [0, 0.05) is 32.6 Å². The third kappa shape index (κ3) is 6.60. The fraction of sp³-hybridized carbons (Fsp3) is 0.800. The van der Waals surface area contributed by atoms with Crippen molar-refractivity contribution in [3.63, 3.8) is 0 Å². The van der Waals surface area contributed by atoms with Crippen molar-refractivity contribution >= 4 is 5.96 Å². The monoisotopic (exact) mass is 294 g/mol. The summed E-state index contributed by atoms with van der Waals surface area (Å²) in [5.41, 5.74) is 0. The van der Waals surface area contributed by atoms with Crippen LogP contribution in [0.25, 0.3) is 0 Å². The van der Waals surface area contributed by atoms with Crippen LogP contribution in [0.3, 0.4) is 0 Å². The van der Waals surface area contributed by atoms with Gasteiger partial charge < -0.3 is 15.2 Å². The first kappa shape index (κ1) is 17.5. The van der Waals surface area contributed by atoms with Crippen LogP contribution in [0.1, 0.15) is 46.4 Å². The number of nitrogens with zero attached hydrogens (tertiary/aromatic N) is 4. The summed E-state index contributed by atoms with van der Waals surface area (Å²) in [5.74, 6) is 2.62. The molecule has 0 saturated carbocycles. The van der Waals surface area contributed by atoms with E-state index in [0.29, 0.717) is 6.04 Å². The number of aromatic nitrogens is 3. The van der Waals surface area contributed by atoms with Crippen LogP contribution in [-0.4, -0.2) is 40.4 Å². The largest absolute Gasteiger partial charge is 0.355 e. The Balaban J connectivity index is 2.31. The predicted octanol–water partition coefficient (Wildman–Crippen LogP) is 1.83. The van der Waals surface area contributed by atoms with Crippen molar-refractivity contribution in [3.05, 3.63) is 12.2 Å². The summed E-state index contributed by atoms with van der Waals surface area (Å²) in [6, 6.07) is 0.430. The third-order valence-electron chi connectivity index (χ3n) is 3.44. The maximum atomic E-state index is 4.27. The van der Waals surface area contributed by atoms with E-state index in [1.54, 1.807) is 13.4 Å². The van der Waals surface area contributed by atoms with Crippen molar-refractivity contribution in [1.82, 2.24) is 25.4 Å². The van der Waals surface area contributed by atoms with Gasteiger partial charge in [-0.2, -0.15) is 0 Å². The van der Waals surface area contributed by atoms with Gasteiger partial charge in [0.15, 0.2) is 5.96 Å². The smallest absolute Gasteiger partial charge is 0.191 e. The lowest BCUT2D eigenvalue weighted by Crippen LogP contribution is -2.43. The van der Waals surface area contributed by atoms with Gasteiger partial charge in [-0.3, -0.25) is 4.99 Å². The number of hydrogen-bond donors (Lipinski definition) is 2. The Bertz CT molecular complexity index is 424. The van der Waals surface area contributed by atoms with Gasteiger partial charge in [0.25, 0.3) is 0 Å². The Labute approximate surface area is 128 Å². The maximum absolute atomic E-state index is 4.27. The third-order valence-corrected chi connectivity index (χ3v) is 3.44. The minimum absolute atomic E-state index is 0.430. The maximum Gasteiger partial charge on any atom is 0.191 e. The number of rotatable bonds is 8. The molecule has 0 aliphatic carbocycles. The topological polar surface area (TPSA) is 67.1 Å². The minimum Gasteiger partial charge on any atom is -0.355 e. The first-order chi connectivity index (χ1) is 10.1. The van der Waals surface area contributed by atoms with Gasteiger partial charge in [-0.15, -0.1) is 10.2 Å². The lowest BCUT2D eigenvalue weighted by Gasteiger charge is -2.19. The van der Waals surface area contributed by atoms with Crippen LogP contribution < -0.4 is 10.6 Å². The molecule has 0 bridgehead atoms. The molecule has 1 aromatic rings. The molecule has 0 fully saturated rings. The van der Waals surface area contributed by atoms with Crippen LogP contribution >= 0.6 is 0 Å². The molecule has 21 heavy (non-hydrogen) atoms. The zero-order valence-corrected chi connectivity index (χ0v) is 14.1. The van der Waals surface area contributed by atoms with Gasteiger partial charge in [0.2, 0.25) is 0 Å². The van der Waals surface area contributed by atoms with Crippen molar-refractivity contribution < 1.29 is 0 Å². The molecule has 6 heteroatoms. The van der Waals surface area contributed by atoms with Crippen molar-refractivity contribution in [2.45, 2.75) is 59.5 Å². The lowest BCUT2D eigenvalue weighted by molar-refractivity contribution is 0.488. The van der Waals surface area contributed by atoms with Gasteiger partial charge in [-0.25, -0.2) is 0 Å². The molecule has 1 atom stereocenters. The van der Waals surface area contributed by atoms with Crippen LogP contribution in [0.4, 0.5) is 0 Å². The number of aryl methyl sites for hydroxylation is 1. The molecule has 0 aromatic carbocycles. The van der Waals surface area contributed by atoms with Crippen LogP contribution in [0, 0.1) is 5.92 Å². The van der Waals surface area contributed by atoms with Crippen molar-refractivity contribution in [1.29, 1.82) is 0 Å². The molecule has 120 valence electrons. The first-order valence-corrected chi connectivity index (χ1v) is 7.90. The zero-order valence-electron chi connectivity index (χ0n) is 14.1. The van der Waals surface area contributed by atoms with E-state index < -0.39 is 0 Å². The van der Waals surface area contributed by atoms with E-state index in [1.165, 1.54) is 6.42 Å². The van der Waals surface area contributed by atoms with Gasteiger partial charge >= 0.3 is 0 Å². The van der Waals surface area contributed by atoms with Crippen molar-refractivity contribution in [2.75, 3.05) is 13.6 Å². The van der Waals surface area contributed by atoms with Crippen LogP contribution in [0.15, 0.2) is 11.3 Å². The Morgan fingerprint density at radius 1 is 1.33 bits per heavy atom. The van der Waals surface area contributed by atoms with Crippen molar-refractivity contribution in [2.24, 2.45) is 10.9 Å². The van der Waals surface area contributed by atoms with E-state index in [1.807, 2.05) is 0 Å². The molecule has 6 nitrogen and oxygen atoms in total. The standard InChI is InChI=1S/C15H30N6/c1-6-14-20-18-11-21(14)10-9-17-15(16-5)19-13(4)8-7-12(2)3/h11-13H,6-10H2,1-5H3,(H2,16,17,19). The molecule has 0 saturated heterocycles. The van der Waals surface area contributed by atoms with E-state index in [9.17, 15) is 0 Å². The highest BCUT2D eigenvalue weighted by Crippen LogP contribution is 2.06. The minimum atomic E-state index is 0.430. The summed E-state index contributed by atoms with van der Waals surface area (Å²) >= 11 is 0. The van der Waals surface area contributed by atoms with E-state index >= 15 is 0 Å². The SMILES string of the molecule is CCc1nncn1CCNC(=NC)NC(C)CCC(C)C. The molecule has 1 heterocycles. The summed E-state index contributed by atoms with van der Waals surface area (Å²) in [5, 5.41) is 14.8. The Kier molecular flexibility index (Phi) is 7.79. The van der Waals surface area contributed by atoms with Gasteiger partial charge in [-0.1, -0.05) is 20.8 Å². The zero-order chi connectivity index (χ0) is 15.7. The highest BCUT2D eigenvalue weighted by molar-refractivity contribution is 5.79. The van der Waals surface area contributed by atoms with Crippen LogP contribution in [0.5, 0.6) is 0 Å². The number of hydrogen-bond acceptors (Lipinski definition) is 3. The van der Waals surface area contributed by atoms with E-state index in [4.69, 9.17) is 0 Å². The van der Waals surface area contributed by atoms with E-state index in [0.717, 1.165) is 43.6 Å². The van der Waals surface area contributed by atoms with E-state index in [2.05, 4.69) is 58.1 Å². The summed E-state index contributed by atoms with van der Waals surface area (Å²) in [7, 11) is 1.81. The highest BCUT2D eigenvalue weighted by Gasteiger charge is 2.06. The summed E-state index contributed by atoms with van der Waals surface area (Å²) in [6.07, 6.45) is 5.07. The molecule has 0 spiro atoms. The normalized spacial score (nSPS) is 13.5. The molecule has 2 N–H and O–H groups in total. The quantitative estimate of drug-likeness (QED) is 0.567. The molecule has 1 aromatic heterocycles. The number of nitrogens with one attached hydrogen (secondary N) is 2. The Hall–Kier alpha value is -1.59. The molecule has 0 aliphatic rings. The fourth-order valence-corrected chi connectivity index (χ4v) is 2.12.